The third-order valence-corrected chi connectivity index (χ3v) is 5.27. The predicted octanol–water partition coefficient (Wildman–Crippen LogP) is 4.73. The normalized spacial score (nSPS) is 15.8. The number of rotatable bonds is 4. The van der Waals surface area contributed by atoms with Crippen LogP contribution in [0.4, 0.5) is 4.79 Å². The first-order chi connectivity index (χ1) is 12.3. The highest BCUT2D eigenvalue weighted by atomic mass is 79.9. The van der Waals surface area contributed by atoms with Crippen LogP contribution in [0.3, 0.4) is 0 Å². The van der Waals surface area contributed by atoms with Crippen LogP contribution >= 0.6 is 39.3 Å². The van der Waals surface area contributed by atoms with Crippen LogP contribution in [0, 0.1) is 0 Å². The number of carbonyl (C=O) groups excluding carboxylic acids is 3. The number of amides is 2. The number of hydrogen-bond acceptors (Lipinski definition) is 5. The van der Waals surface area contributed by atoms with Gasteiger partial charge >= 0.3 is 0 Å². The van der Waals surface area contributed by atoms with E-state index in [1.165, 1.54) is 12.1 Å². The van der Waals surface area contributed by atoms with E-state index in [1.54, 1.807) is 36.4 Å². The summed E-state index contributed by atoms with van der Waals surface area (Å²) < 4.78 is 0.721. The Hall–Kier alpha value is -2.09. The van der Waals surface area contributed by atoms with Crippen LogP contribution in [0.1, 0.15) is 15.9 Å². The lowest BCUT2D eigenvalue weighted by Gasteiger charge is -2.11. The van der Waals surface area contributed by atoms with Crippen molar-refractivity contribution in [2.45, 2.75) is 0 Å². The molecule has 0 unspecified atom stereocenters. The molecule has 0 saturated carbocycles. The van der Waals surface area contributed by atoms with Crippen molar-refractivity contribution in [3.8, 4) is 5.75 Å². The van der Waals surface area contributed by atoms with Gasteiger partial charge in [-0.25, -0.2) is 0 Å². The van der Waals surface area contributed by atoms with Gasteiger partial charge in [-0.15, -0.1) is 0 Å². The van der Waals surface area contributed by atoms with E-state index in [4.69, 9.17) is 11.6 Å². The van der Waals surface area contributed by atoms with Crippen LogP contribution in [0.5, 0.6) is 5.75 Å². The number of imide groups is 1. The van der Waals surface area contributed by atoms with Crippen molar-refractivity contribution in [1.29, 1.82) is 0 Å². The van der Waals surface area contributed by atoms with Gasteiger partial charge in [0.15, 0.2) is 5.78 Å². The molecule has 0 radical (unpaired) electrons. The number of nitrogens with zero attached hydrogens (tertiary/aromatic N) is 1. The molecule has 0 aliphatic carbocycles. The zero-order chi connectivity index (χ0) is 18.8. The largest absolute Gasteiger partial charge is 0.507 e. The van der Waals surface area contributed by atoms with E-state index in [0.717, 1.165) is 21.1 Å². The molecule has 8 heteroatoms. The fourth-order valence-corrected chi connectivity index (χ4v) is 3.62. The lowest BCUT2D eigenvalue weighted by molar-refractivity contribution is -0.122. The number of phenols is 1. The first-order valence-electron chi connectivity index (χ1n) is 7.38. The number of carbonyl (C=O) groups is 3. The highest BCUT2D eigenvalue weighted by molar-refractivity contribution is 9.10. The Labute approximate surface area is 166 Å². The molecule has 1 aliphatic heterocycles. The summed E-state index contributed by atoms with van der Waals surface area (Å²) in [5.41, 5.74) is 0.760. The molecule has 3 rings (SSSR count). The number of thioether (sulfide) groups is 1. The zero-order valence-electron chi connectivity index (χ0n) is 13.1. The Morgan fingerprint density at radius 1 is 1.19 bits per heavy atom. The standard InChI is InChI=1S/C18H11BrClNO4S/c19-12-3-6-14(22)11(7-12)8-16-17(24)21(18(25)26-16)9-15(23)10-1-4-13(20)5-2-10/h1-8,22H,9H2/b16-8-. The highest BCUT2D eigenvalue weighted by Crippen LogP contribution is 2.34. The van der Waals surface area contributed by atoms with Gasteiger partial charge in [0.05, 0.1) is 11.4 Å². The van der Waals surface area contributed by atoms with E-state index in [-0.39, 0.29) is 23.0 Å². The maximum Gasteiger partial charge on any atom is 0.293 e. The summed E-state index contributed by atoms with van der Waals surface area (Å²) in [4.78, 5) is 38.0. The molecule has 0 aromatic heterocycles. The van der Waals surface area contributed by atoms with Crippen molar-refractivity contribution in [1.82, 2.24) is 4.90 Å². The van der Waals surface area contributed by atoms with Gasteiger partial charge in [-0.05, 0) is 60.3 Å². The van der Waals surface area contributed by atoms with Gasteiger partial charge in [-0.3, -0.25) is 19.3 Å². The van der Waals surface area contributed by atoms with Crippen LogP contribution in [-0.2, 0) is 4.79 Å². The van der Waals surface area contributed by atoms with E-state index in [2.05, 4.69) is 15.9 Å². The summed E-state index contributed by atoms with van der Waals surface area (Å²) in [6.07, 6.45) is 1.43. The second kappa shape index (κ2) is 7.65. The Morgan fingerprint density at radius 2 is 1.88 bits per heavy atom. The molecule has 1 heterocycles. The number of ketones is 1. The molecule has 2 amide bonds. The molecule has 5 nitrogen and oxygen atoms in total. The number of halogens is 2. The number of benzene rings is 2. The maximum atomic E-state index is 12.5. The second-order valence-electron chi connectivity index (χ2n) is 5.40. The first-order valence-corrected chi connectivity index (χ1v) is 9.36. The summed E-state index contributed by atoms with van der Waals surface area (Å²) in [7, 11) is 0. The van der Waals surface area contributed by atoms with Crippen LogP contribution in [0.2, 0.25) is 5.02 Å². The molecule has 0 atom stereocenters. The van der Waals surface area contributed by atoms with E-state index in [1.807, 2.05) is 0 Å². The molecule has 26 heavy (non-hydrogen) atoms. The van der Waals surface area contributed by atoms with Crippen LogP contribution in [-0.4, -0.2) is 33.5 Å². The van der Waals surface area contributed by atoms with Crippen LogP contribution in [0.25, 0.3) is 6.08 Å². The Kier molecular flexibility index (Phi) is 5.50. The predicted molar refractivity (Wildman–Crippen MR) is 104 cm³/mol. The molecule has 0 bridgehead atoms. The lowest BCUT2D eigenvalue weighted by Crippen LogP contribution is -2.33. The summed E-state index contributed by atoms with van der Waals surface area (Å²) in [5, 5.41) is 9.84. The summed E-state index contributed by atoms with van der Waals surface area (Å²) in [6, 6.07) is 11.0. The minimum absolute atomic E-state index is 0.0164. The van der Waals surface area contributed by atoms with Gasteiger partial charge in [0.2, 0.25) is 0 Å². The number of Topliss-reactive ketones (excluding diaryl/α,β-unsaturated/α-hetero) is 1. The van der Waals surface area contributed by atoms with Crippen molar-refractivity contribution in [2.75, 3.05) is 6.54 Å². The van der Waals surface area contributed by atoms with E-state index >= 15 is 0 Å². The number of phenolic OH excluding ortho intramolecular Hbond substituents is 1. The third kappa shape index (κ3) is 4.00. The fourth-order valence-electron chi connectivity index (χ4n) is 2.29. The van der Waals surface area contributed by atoms with Crippen molar-refractivity contribution in [3.63, 3.8) is 0 Å². The molecule has 2 aromatic carbocycles. The fraction of sp³-hybridized carbons (Fsp3) is 0.0556. The van der Waals surface area contributed by atoms with Gasteiger partial charge in [-0.2, -0.15) is 0 Å². The monoisotopic (exact) mass is 451 g/mol. The van der Waals surface area contributed by atoms with Gasteiger partial charge in [0, 0.05) is 20.6 Å². The molecule has 1 aliphatic rings. The lowest BCUT2D eigenvalue weighted by atomic mass is 10.1. The van der Waals surface area contributed by atoms with E-state index < -0.39 is 11.1 Å². The Balaban J connectivity index is 1.80. The van der Waals surface area contributed by atoms with Gasteiger partial charge in [-0.1, -0.05) is 27.5 Å². The number of hydrogen-bond donors (Lipinski definition) is 1. The third-order valence-electron chi connectivity index (χ3n) is 3.62. The maximum absolute atomic E-state index is 12.5. The molecular formula is C18H11BrClNO4S. The zero-order valence-corrected chi connectivity index (χ0v) is 16.3. The molecule has 0 spiro atoms. The summed E-state index contributed by atoms with van der Waals surface area (Å²) >= 11 is 9.80. The van der Waals surface area contributed by atoms with Gasteiger partial charge in [0.25, 0.3) is 11.1 Å². The molecular weight excluding hydrogens is 442 g/mol. The van der Waals surface area contributed by atoms with E-state index in [0.29, 0.717) is 16.1 Å². The van der Waals surface area contributed by atoms with Crippen molar-refractivity contribution >= 4 is 62.3 Å². The van der Waals surface area contributed by atoms with Crippen molar-refractivity contribution in [2.24, 2.45) is 0 Å². The number of aromatic hydroxyl groups is 1. The quantitative estimate of drug-likeness (QED) is 0.536. The smallest absolute Gasteiger partial charge is 0.293 e. The first kappa shape index (κ1) is 18.7. The minimum Gasteiger partial charge on any atom is -0.507 e. The molecule has 2 aromatic rings. The SMILES string of the molecule is O=C(CN1C(=O)S/C(=C\c2cc(Br)ccc2O)C1=O)c1ccc(Cl)cc1. The summed E-state index contributed by atoms with van der Waals surface area (Å²) in [5.74, 6) is -0.950. The molecule has 132 valence electrons. The topological polar surface area (TPSA) is 74.7 Å². The van der Waals surface area contributed by atoms with Gasteiger partial charge in [0.1, 0.15) is 5.75 Å². The second-order valence-corrected chi connectivity index (χ2v) is 7.75. The van der Waals surface area contributed by atoms with Crippen molar-refractivity contribution < 1.29 is 19.5 Å². The van der Waals surface area contributed by atoms with Crippen LogP contribution < -0.4 is 0 Å². The van der Waals surface area contributed by atoms with E-state index in [9.17, 15) is 19.5 Å². The molecule has 1 saturated heterocycles. The molecule has 1 fully saturated rings. The highest BCUT2D eigenvalue weighted by Gasteiger charge is 2.36. The molecule has 1 N–H and O–H groups in total. The van der Waals surface area contributed by atoms with Gasteiger partial charge < -0.3 is 5.11 Å². The van der Waals surface area contributed by atoms with Crippen LogP contribution in [0.15, 0.2) is 51.8 Å². The average molecular weight is 453 g/mol. The Bertz CT molecular complexity index is 943. The van der Waals surface area contributed by atoms with Crippen molar-refractivity contribution in [3.05, 3.63) is 68.0 Å². The average Bonchev–Trinajstić information content (AvgIpc) is 2.86. The minimum atomic E-state index is -0.568. The Morgan fingerprint density at radius 3 is 2.58 bits per heavy atom. The summed E-state index contributed by atoms with van der Waals surface area (Å²) in [6.45, 7) is -0.353.